The molecule has 1 aromatic rings. The van der Waals surface area contributed by atoms with Gasteiger partial charge in [-0.25, -0.2) is 9.18 Å². The summed E-state index contributed by atoms with van der Waals surface area (Å²) in [6, 6.07) is 4.84. The van der Waals surface area contributed by atoms with Crippen molar-refractivity contribution in [2.75, 3.05) is 13.2 Å². The Hall–Kier alpha value is -1.62. The third-order valence-electron chi connectivity index (χ3n) is 3.69. The molecule has 1 unspecified atom stereocenters. The molecule has 1 saturated carbocycles. The molecule has 1 aliphatic carbocycles. The van der Waals surface area contributed by atoms with Crippen LogP contribution in [0.2, 0.25) is 5.02 Å². The Morgan fingerprint density at radius 1 is 1.41 bits per heavy atom. The maximum absolute atomic E-state index is 13.2. The summed E-state index contributed by atoms with van der Waals surface area (Å²) < 4.78 is 50.3. The maximum Gasteiger partial charge on any atom is 0.490 e. The number of ether oxygens (including phenoxy) is 1. The number of halogens is 5. The number of hydrogen-bond donors (Lipinski definition) is 4. The van der Waals surface area contributed by atoms with Gasteiger partial charge in [0.25, 0.3) is 0 Å². The lowest BCUT2D eigenvalue weighted by Gasteiger charge is -2.17. The first kappa shape index (κ1) is 23.4. The van der Waals surface area contributed by atoms with Crippen LogP contribution in [-0.2, 0) is 4.79 Å². The molecule has 5 N–H and O–H groups in total. The van der Waals surface area contributed by atoms with E-state index in [1.165, 1.54) is 12.1 Å². The number of aliphatic hydroxyl groups is 1. The molecule has 0 heterocycles. The van der Waals surface area contributed by atoms with Gasteiger partial charge >= 0.3 is 12.1 Å². The number of aliphatic hydroxyl groups excluding tert-OH is 1. The molecule has 0 radical (unpaired) electrons. The van der Waals surface area contributed by atoms with Crippen molar-refractivity contribution in [3.05, 3.63) is 29.0 Å². The van der Waals surface area contributed by atoms with E-state index in [1.54, 1.807) is 6.07 Å². The fourth-order valence-electron chi connectivity index (χ4n) is 2.32. The van der Waals surface area contributed by atoms with E-state index in [4.69, 9.17) is 32.0 Å². The van der Waals surface area contributed by atoms with Gasteiger partial charge < -0.3 is 26.0 Å². The fraction of sp³-hybridized carbons (Fsp3) is 0.562. The molecule has 0 spiro atoms. The van der Waals surface area contributed by atoms with E-state index in [1.807, 2.05) is 0 Å². The lowest BCUT2D eigenvalue weighted by molar-refractivity contribution is -0.192. The lowest BCUT2D eigenvalue weighted by Crippen LogP contribution is -2.37. The average Bonchev–Trinajstić information content (AvgIpc) is 2.99. The van der Waals surface area contributed by atoms with Crippen LogP contribution in [0.4, 0.5) is 17.6 Å². The van der Waals surface area contributed by atoms with Gasteiger partial charge in [0.05, 0.1) is 5.02 Å². The molecule has 0 aliphatic heterocycles. The number of alkyl halides is 3. The molecule has 6 nitrogen and oxygen atoms in total. The summed E-state index contributed by atoms with van der Waals surface area (Å²) in [6.45, 7) is 0.542. The van der Waals surface area contributed by atoms with Crippen molar-refractivity contribution >= 4 is 17.6 Å². The summed E-state index contributed by atoms with van der Waals surface area (Å²) >= 11 is 5.58. The van der Waals surface area contributed by atoms with Gasteiger partial charge in [-0.3, -0.25) is 0 Å². The molecule has 11 heteroatoms. The molecule has 27 heavy (non-hydrogen) atoms. The third kappa shape index (κ3) is 9.23. The zero-order valence-electron chi connectivity index (χ0n) is 14.2. The van der Waals surface area contributed by atoms with Crippen LogP contribution in [0.1, 0.15) is 19.3 Å². The third-order valence-corrected chi connectivity index (χ3v) is 4.00. The van der Waals surface area contributed by atoms with Crippen molar-refractivity contribution in [1.29, 1.82) is 0 Å². The minimum absolute atomic E-state index is 0.0529. The van der Waals surface area contributed by atoms with Gasteiger partial charge in [-0.15, -0.1) is 0 Å². The summed E-state index contributed by atoms with van der Waals surface area (Å²) in [5.41, 5.74) is 5.82. The molecule has 3 atom stereocenters. The maximum atomic E-state index is 13.2. The van der Waals surface area contributed by atoms with Crippen LogP contribution in [0.15, 0.2) is 18.2 Å². The normalized spacial score (nSPS) is 20.6. The number of nitrogens with two attached hydrogens (primary N) is 1. The number of carboxylic acids is 1. The largest absolute Gasteiger partial charge is 0.491 e. The van der Waals surface area contributed by atoms with E-state index >= 15 is 0 Å². The van der Waals surface area contributed by atoms with Gasteiger partial charge in [0.15, 0.2) is 0 Å². The molecule has 1 aliphatic rings. The molecular weight excluding hydrogens is 396 g/mol. The Kier molecular flexibility index (Phi) is 9.23. The van der Waals surface area contributed by atoms with Gasteiger partial charge in [0, 0.05) is 24.7 Å². The monoisotopic (exact) mass is 416 g/mol. The number of rotatable bonds is 6. The van der Waals surface area contributed by atoms with Crippen molar-refractivity contribution < 1.29 is 37.3 Å². The smallest absolute Gasteiger partial charge is 0.490 e. The zero-order valence-corrected chi connectivity index (χ0v) is 14.9. The van der Waals surface area contributed by atoms with E-state index in [0.29, 0.717) is 18.3 Å². The van der Waals surface area contributed by atoms with E-state index in [2.05, 4.69) is 5.32 Å². The van der Waals surface area contributed by atoms with Crippen molar-refractivity contribution in [3.8, 4) is 5.75 Å². The van der Waals surface area contributed by atoms with Crippen molar-refractivity contribution in [2.45, 2.75) is 43.6 Å². The van der Waals surface area contributed by atoms with E-state index < -0.39 is 24.1 Å². The van der Waals surface area contributed by atoms with Gasteiger partial charge in [-0.05, 0) is 31.4 Å². The van der Waals surface area contributed by atoms with Crippen LogP contribution in [-0.4, -0.2) is 53.7 Å². The molecule has 1 aromatic carbocycles. The highest BCUT2D eigenvalue weighted by Crippen LogP contribution is 2.20. The van der Waals surface area contributed by atoms with Gasteiger partial charge in [0.2, 0.25) is 0 Å². The second-order valence-electron chi connectivity index (χ2n) is 6.02. The first-order valence-electron chi connectivity index (χ1n) is 8.04. The Morgan fingerprint density at radius 2 is 2.04 bits per heavy atom. The van der Waals surface area contributed by atoms with Gasteiger partial charge in [-0.2, -0.15) is 13.2 Å². The number of nitrogens with one attached hydrogen (secondary N) is 1. The second kappa shape index (κ2) is 10.6. The average molecular weight is 417 g/mol. The standard InChI is InChI=1S/C14H20ClFN2O2.C2HF3O2/c15-13-4-3-12(6-14(13)16)20-8-11(19)7-18-10-2-1-9(17)5-10;3-2(4,5)1(6)7/h3-4,6,9-11,18-19H,1-2,5,7-8,17H2;(H,6,7)/t9?,10-,11+;/m0./s1. The van der Waals surface area contributed by atoms with Crippen LogP contribution < -0.4 is 15.8 Å². The van der Waals surface area contributed by atoms with Crippen molar-refractivity contribution in [2.24, 2.45) is 5.73 Å². The lowest BCUT2D eigenvalue weighted by atomic mass is 10.2. The molecular formula is C16H21ClF4N2O4. The molecule has 2 rings (SSSR count). The number of carbonyl (C=O) groups is 1. The van der Waals surface area contributed by atoms with Crippen LogP contribution >= 0.6 is 11.6 Å². The van der Waals surface area contributed by atoms with Crippen LogP contribution in [0.5, 0.6) is 5.75 Å². The first-order valence-corrected chi connectivity index (χ1v) is 8.41. The number of benzene rings is 1. The Bertz CT molecular complexity index is 619. The Labute approximate surface area is 158 Å². The topological polar surface area (TPSA) is 105 Å². The predicted octanol–water partition coefficient (Wildman–Crippen LogP) is 2.32. The second-order valence-corrected chi connectivity index (χ2v) is 6.43. The highest BCUT2D eigenvalue weighted by Gasteiger charge is 2.38. The summed E-state index contributed by atoms with van der Waals surface area (Å²) in [6.07, 6.45) is -2.73. The minimum Gasteiger partial charge on any atom is -0.491 e. The molecule has 0 aromatic heterocycles. The SMILES string of the molecule is NC1CC[C@H](NC[C@@H](O)COc2ccc(Cl)c(F)c2)C1.O=C(O)C(F)(F)F. The van der Waals surface area contributed by atoms with E-state index in [9.17, 15) is 22.7 Å². The predicted molar refractivity (Wildman–Crippen MR) is 90.2 cm³/mol. The minimum atomic E-state index is -5.08. The van der Waals surface area contributed by atoms with E-state index in [0.717, 1.165) is 19.3 Å². The summed E-state index contributed by atoms with van der Waals surface area (Å²) in [5, 5.41) is 20.3. The Morgan fingerprint density at radius 3 is 2.52 bits per heavy atom. The van der Waals surface area contributed by atoms with E-state index in [-0.39, 0.29) is 17.7 Å². The van der Waals surface area contributed by atoms with Crippen LogP contribution in [0.3, 0.4) is 0 Å². The highest BCUT2D eigenvalue weighted by molar-refractivity contribution is 6.30. The Balaban J connectivity index is 0.000000445. The number of aliphatic carboxylic acids is 1. The molecule has 0 bridgehead atoms. The zero-order chi connectivity index (χ0) is 20.6. The molecule has 1 fully saturated rings. The van der Waals surface area contributed by atoms with Crippen LogP contribution in [0.25, 0.3) is 0 Å². The number of carboxylic acid groups (broad SMARTS) is 1. The summed E-state index contributed by atoms with van der Waals surface area (Å²) in [7, 11) is 0. The number of hydrogen-bond acceptors (Lipinski definition) is 5. The molecule has 0 amide bonds. The van der Waals surface area contributed by atoms with Crippen molar-refractivity contribution in [3.63, 3.8) is 0 Å². The van der Waals surface area contributed by atoms with Crippen molar-refractivity contribution in [1.82, 2.24) is 5.32 Å². The summed E-state index contributed by atoms with van der Waals surface area (Å²) in [4.78, 5) is 8.90. The quantitative estimate of drug-likeness (QED) is 0.530. The summed E-state index contributed by atoms with van der Waals surface area (Å²) in [5.74, 6) is -2.93. The molecule has 0 saturated heterocycles. The fourth-order valence-corrected chi connectivity index (χ4v) is 2.44. The highest BCUT2D eigenvalue weighted by atomic mass is 35.5. The molecule has 154 valence electrons. The van der Waals surface area contributed by atoms with Gasteiger partial charge in [0.1, 0.15) is 24.3 Å². The van der Waals surface area contributed by atoms with Gasteiger partial charge in [-0.1, -0.05) is 11.6 Å². The van der Waals surface area contributed by atoms with Crippen LogP contribution in [0, 0.1) is 5.82 Å². The first-order chi connectivity index (χ1) is 12.5.